The van der Waals surface area contributed by atoms with Crippen LogP contribution in [0.3, 0.4) is 0 Å². The van der Waals surface area contributed by atoms with Crippen LogP contribution >= 0.6 is 0 Å². The van der Waals surface area contributed by atoms with Crippen LogP contribution in [0.1, 0.15) is 90.0 Å². The molecule has 2 heteroatoms. The monoisotopic (exact) mass is 348 g/mol. The number of benzene rings is 1. The zero-order chi connectivity index (χ0) is 17.9. The topological polar surface area (TPSA) is 9.23 Å². The average Bonchev–Trinajstić information content (AvgIpc) is 2.63. The molecule has 2 rings (SSSR count). The molecular formula is C23H37FO. The van der Waals surface area contributed by atoms with Crippen molar-refractivity contribution in [3.8, 4) is 5.75 Å². The molecule has 0 N–H and O–H groups in total. The van der Waals surface area contributed by atoms with E-state index in [1.165, 1.54) is 70.6 Å². The maximum Gasteiger partial charge on any atom is 0.165 e. The van der Waals surface area contributed by atoms with Crippen LogP contribution in [-0.4, -0.2) is 6.61 Å². The summed E-state index contributed by atoms with van der Waals surface area (Å²) in [5, 5.41) is 0. The summed E-state index contributed by atoms with van der Waals surface area (Å²) in [5.41, 5.74) is 1.11. The Kier molecular flexibility index (Phi) is 9.36. The first-order valence-electron chi connectivity index (χ1n) is 10.6. The predicted octanol–water partition coefficient (Wildman–Crippen LogP) is 7.32. The summed E-state index contributed by atoms with van der Waals surface area (Å²) in [6.07, 6.45) is 16.2. The van der Waals surface area contributed by atoms with Gasteiger partial charge < -0.3 is 4.74 Å². The van der Waals surface area contributed by atoms with E-state index in [1.807, 2.05) is 13.0 Å². The highest BCUT2D eigenvalue weighted by atomic mass is 19.1. The molecular weight excluding hydrogens is 311 g/mol. The minimum absolute atomic E-state index is 0.217. The summed E-state index contributed by atoms with van der Waals surface area (Å²) in [4.78, 5) is 0. The Bertz CT molecular complexity index is 477. The maximum absolute atomic E-state index is 13.9. The highest BCUT2D eigenvalue weighted by Gasteiger charge is 2.20. The van der Waals surface area contributed by atoms with Crippen molar-refractivity contribution in [1.29, 1.82) is 0 Å². The lowest BCUT2D eigenvalue weighted by Gasteiger charge is -2.28. The minimum atomic E-state index is -0.217. The van der Waals surface area contributed by atoms with Gasteiger partial charge in [-0.25, -0.2) is 4.39 Å². The van der Waals surface area contributed by atoms with E-state index in [-0.39, 0.29) is 5.82 Å². The molecule has 25 heavy (non-hydrogen) atoms. The van der Waals surface area contributed by atoms with Crippen molar-refractivity contribution in [2.24, 2.45) is 11.8 Å². The molecule has 1 aromatic carbocycles. The Balaban J connectivity index is 1.63. The third kappa shape index (κ3) is 7.38. The minimum Gasteiger partial charge on any atom is -0.491 e. The van der Waals surface area contributed by atoms with Crippen LogP contribution in [0.15, 0.2) is 18.2 Å². The lowest BCUT2D eigenvalue weighted by Crippen LogP contribution is -2.15. The maximum atomic E-state index is 13.9. The molecule has 1 saturated carbocycles. The van der Waals surface area contributed by atoms with E-state index in [0.29, 0.717) is 12.4 Å². The van der Waals surface area contributed by atoms with Crippen molar-refractivity contribution in [3.05, 3.63) is 29.6 Å². The molecule has 0 atom stereocenters. The van der Waals surface area contributed by atoms with E-state index >= 15 is 0 Å². The predicted molar refractivity (Wildman–Crippen MR) is 105 cm³/mol. The van der Waals surface area contributed by atoms with E-state index in [0.717, 1.165) is 23.8 Å². The molecule has 0 unspecified atom stereocenters. The van der Waals surface area contributed by atoms with E-state index in [9.17, 15) is 4.39 Å². The van der Waals surface area contributed by atoms with Crippen molar-refractivity contribution in [2.45, 2.75) is 90.9 Å². The second-order valence-corrected chi connectivity index (χ2v) is 7.83. The standard InChI is InChI=1S/C23H37FO/c1-3-5-6-7-8-9-19-10-12-20(13-11-19)14-15-21-16-17-23(25-4-2)22(24)18-21/h16-20H,3-15H2,1-2H3. The Labute approximate surface area is 154 Å². The van der Waals surface area contributed by atoms with Gasteiger partial charge in [0.2, 0.25) is 0 Å². The largest absolute Gasteiger partial charge is 0.491 e. The summed E-state index contributed by atoms with van der Waals surface area (Å²) >= 11 is 0. The number of rotatable bonds is 11. The molecule has 1 aliphatic rings. The highest BCUT2D eigenvalue weighted by Crippen LogP contribution is 2.34. The summed E-state index contributed by atoms with van der Waals surface area (Å²) in [6, 6.07) is 5.46. The molecule has 0 amide bonds. The molecule has 0 saturated heterocycles. The van der Waals surface area contributed by atoms with Gasteiger partial charge in [-0.05, 0) is 49.3 Å². The van der Waals surface area contributed by atoms with Crippen LogP contribution < -0.4 is 4.74 Å². The fourth-order valence-electron chi connectivity index (χ4n) is 4.19. The Morgan fingerprint density at radius 2 is 1.60 bits per heavy atom. The van der Waals surface area contributed by atoms with Gasteiger partial charge in [0.25, 0.3) is 0 Å². The summed E-state index contributed by atoms with van der Waals surface area (Å²) in [6.45, 7) is 4.68. The molecule has 0 aliphatic heterocycles. The lowest BCUT2D eigenvalue weighted by molar-refractivity contribution is 0.248. The normalized spacial score (nSPS) is 20.6. The molecule has 0 aromatic heterocycles. The van der Waals surface area contributed by atoms with Gasteiger partial charge in [0.05, 0.1) is 6.61 Å². The van der Waals surface area contributed by atoms with Gasteiger partial charge in [-0.3, -0.25) is 0 Å². The third-order valence-electron chi connectivity index (χ3n) is 5.82. The van der Waals surface area contributed by atoms with Crippen LogP contribution in [0, 0.1) is 17.7 Å². The number of hydrogen-bond donors (Lipinski definition) is 0. The summed E-state index contributed by atoms with van der Waals surface area (Å²) < 4.78 is 19.2. The highest BCUT2D eigenvalue weighted by molar-refractivity contribution is 5.29. The van der Waals surface area contributed by atoms with Crippen molar-refractivity contribution >= 4 is 0 Å². The SMILES string of the molecule is CCCCCCCC1CCC(CCc2ccc(OCC)c(F)c2)CC1. The van der Waals surface area contributed by atoms with E-state index in [4.69, 9.17) is 4.74 Å². The van der Waals surface area contributed by atoms with Gasteiger partial charge in [-0.15, -0.1) is 0 Å². The fourth-order valence-corrected chi connectivity index (χ4v) is 4.19. The zero-order valence-corrected chi connectivity index (χ0v) is 16.4. The first kappa shape index (κ1) is 20.3. The van der Waals surface area contributed by atoms with E-state index in [1.54, 1.807) is 12.1 Å². The number of ether oxygens (including phenoxy) is 1. The molecule has 1 aromatic rings. The first-order valence-corrected chi connectivity index (χ1v) is 10.6. The molecule has 1 fully saturated rings. The lowest BCUT2D eigenvalue weighted by atomic mass is 9.77. The molecule has 0 radical (unpaired) electrons. The summed E-state index contributed by atoms with van der Waals surface area (Å²) in [7, 11) is 0. The van der Waals surface area contributed by atoms with Crippen molar-refractivity contribution in [1.82, 2.24) is 0 Å². The van der Waals surface area contributed by atoms with Crippen LogP contribution in [0.2, 0.25) is 0 Å². The fraction of sp³-hybridized carbons (Fsp3) is 0.739. The number of unbranched alkanes of at least 4 members (excludes halogenated alkanes) is 4. The van der Waals surface area contributed by atoms with Crippen LogP contribution in [-0.2, 0) is 6.42 Å². The Morgan fingerprint density at radius 1 is 0.920 bits per heavy atom. The van der Waals surface area contributed by atoms with Gasteiger partial charge in [-0.1, -0.05) is 77.2 Å². The van der Waals surface area contributed by atoms with Crippen LogP contribution in [0.5, 0.6) is 5.75 Å². The number of aryl methyl sites for hydroxylation is 1. The molecule has 0 bridgehead atoms. The average molecular weight is 349 g/mol. The quantitative estimate of drug-likeness (QED) is 0.380. The third-order valence-corrected chi connectivity index (χ3v) is 5.82. The first-order chi connectivity index (χ1) is 12.2. The van der Waals surface area contributed by atoms with Gasteiger partial charge in [0.15, 0.2) is 11.6 Å². The Morgan fingerprint density at radius 3 is 2.24 bits per heavy atom. The number of hydrogen-bond acceptors (Lipinski definition) is 1. The zero-order valence-electron chi connectivity index (χ0n) is 16.4. The Hall–Kier alpha value is -1.05. The molecule has 142 valence electrons. The van der Waals surface area contributed by atoms with Gasteiger partial charge in [0, 0.05) is 0 Å². The van der Waals surface area contributed by atoms with Crippen LogP contribution in [0.25, 0.3) is 0 Å². The van der Waals surface area contributed by atoms with E-state index < -0.39 is 0 Å². The second kappa shape index (κ2) is 11.5. The molecule has 1 nitrogen and oxygen atoms in total. The molecule has 0 heterocycles. The van der Waals surface area contributed by atoms with Crippen molar-refractivity contribution in [2.75, 3.05) is 6.61 Å². The van der Waals surface area contributed by atoms with Gasteiger partial charge >= 0.3 is 0 Å². The molecule has 1 aliphatic carbocycles. The number of halogens is 1. The smallest absolute Gasteiger partial charge is 0.165 e. The van der Waals surface area contributed by atoms with Crippen LogP contribution in [0.4, 0.5) is 4.39 Å². The van der Waals surface area contributed by atoms with Gasteiger partial charge in [-0.2, -0.15) is 0 Å². The second-order valence-electron chi connectivity index (χ2n) is 7.83. The van der Waals surface area contributed by atoms with Crippen molar-refractivity contribution < 1.29 is 9.13 Å². The summed E-state index contributed by atoms with van der Waals surface area (Å²) in [5.74, 6) is 1.98. The van der Waals surface area contributed by atoms with E-state index in [2.05, 4.69) is 6.92 Å². The molecule has 0 spiro atoms. The van der Waals surface area contributed by atoms with Gasteiger partial charge in [0.1, 0.15) is 0 Å². The van der Waals surface area contributed by atoms with Crippen molar-refractivity contribution in [3.63, 3.8) is 0 Å².